The lowest BCUT2D eigenvalue weighted by Gasteiger charge is -2.34. The van der Waals surface area contributed by atoms with Crippen molar-refractivity contribution in [1.82, 2.24) is 4.90 Å². The molecule has 0 unspecified atom stereocenters. The van der Waals surface area contributed by atoms with Crippen LogP contribution in [0.2, 0.25) is 0 Å². The summed E-state index contributed by atoms with van der Waals surface area (Å²) in [6.07, 6.45) is -9.33. The van der Waals surface area contributed by atoms with Gasteiger partial charge in [-0.25, -0.2) is 4.79 Å². The van der Waals surface area contributed by atoms with Crippen molar-refractivity contribution in [3.8, 4) is 0 Å². The Morgan fingerprint density at radius 2 is 1.41 bits per heavy atom. The van der Waals surface area contributed by atoms with E-state index in [4.69, 9.17) is 4.74 Å². The summed E-state index contributed by atoms with van der Waals surface area (Å²) in [6.45, 7) is 6.24. The number of nitrogens with zero attached hydrogens (tertiary/aromatic N) is 2. The smallest absolute Gasteiger partial charge is 0.416 e. The first kappa shape index (κ1) is 21.6. The Labute approximate surface area is 164 Å². The third kappa shape index (κ3) is 4.72. The molecule has 2 aliphatic heterocycles. The Morgan fingerprint density at radius 3 is 1.83 bits per heavy atom. The van der Waals surface area contributed by atoms with E-state index in [9.17, 15) is 31.1 Å². The molecule has 10 heteroatoms. The molecule has 3 rings (SSSR count). The first-order valence-corrected chi connectivity index (χ1v) is 9.16. The fourth-order valence-electron chi connectivity index (χ4n) is 3.58. The van der Waals surface area contributed by atoms with Crippen molar-refractivity contribution in [2.24, 2.45) is 0 Å². The third-order valence-electron chi connectivity index (χ3n) is 5.15. The van der Waals surface area contributed by atoms with Crippen LogP contribution < -0.4 is 4.90 Å². The van der Waals surface area contributed by atoms with Crippen LogP contribution in [0.3, 0.4) is 0 Å². The molecule has 2 aliphatic rings. The summed E-state index contributed by atoms with van der Waals surface area (Å²) in [4.78, 5) is 15.2. The highest BCUT2D eigenvalue weighted by atomic mass is 19.4. The summed E-state index contributed by atoms with van der Waals surface area (Å²) in [5.41, 5.74) is -3.92. The van der Waals surface area contributed by atoms with Crippen LogP contribution in [0.15, 0.2) is 18.2 Å². The van der Waals surface area contributed by atoms with Crippen molar-refractivity contribution >= 4 is 11.8 Å². The van der Waals surface area contributed by atoms with Crippen LogP contribution in [0.4, 0.5) is 36.8 Å². The van der Waals surface area contributed by atoms with Gasteiger partial charge in [-0.2, -0.15) is 26.3 Å². The number of alkyl halides is 6. The van der Waals surface area contributed by atoms with Gasteiger partial charge in [0.25, 0.3) is 0 Å². The van der Waals surface area contributed by atoms with E-state index in [0.717, 1.165) is 12.1 Å². The maximum Gasteiger partial charge on any atom is 0.416 e. The number of hydrogen-bond donors (Lipinski definition) is 0. The SMILES string of the molecule is CC(C)(C)OC(=O)N1CCC2(CC1)CN2c1cc(C(F)(F)F)cc(C(F)(F)F)c1. The topological polar surface area (TPSA) is 32.5 Å². The van der Waals surface area contributed by atoms with Crippen LogP contribution in [0, 0.1) is 0 Å². The number of piperidine rings is 1. The van der Waals surface area contributed by atoms with E-state index in [0.29, 0.717) is 32.5 Å². The highest BCUT2D eigenvalue weighted by Gasteiger charge is 2.54. The molecule has 1 aromatic rings. The molecule has 29 heavy (non-hydrogen) atoms. The van der Waals surface area contributed by atoms with Crippen LogP contribution in [0.1, 0.15) is 44.7 Å². The lowest BCUT2D eigenvalue weighted by Crippen LogP contribution is -2.45. The van der Waals surface area contributed by atoms with E-state index in [1.807, 2.05) is 0 Å². The number of amides is 1. The molecule has 2 fully saturated rings. The molecule has 1 aromatic carbocycles. The minimum Gasteiger partial charge on any atom is -0.444 e. The van der Waals surface area contributed by atoms with Crippen LogP contribution in [0.5, 0.6) is 0 Å². The van der Waals surface area contributed by atoms with E-state index in [2.05, 4.69) is 0 Å². The fraction of sp³-hybridized carbons (Fsp3) is 0.632. The molecule has 0 aliphatic carbocycles. The molecule has 2 saturated heterocycles. The van der Waals surface area contributed by atoms with Gasteiger partial charge in [0.05, 0.1) is 16.7 Å². The third-order valence-corrected chi connectivity index (χ3v) is 5.15. The van der Waals surface area contributed by atoms with E-state index < -0.39 is 40.7 Å². The zero-order valence-electron chi connectivity index (χ0n) is 16.2. The number of benzene rings is 1. The zero-order valence-corrected chi connectivity index (χ0v) is 16.2. The molecule has 4 nitrogen and oxygen atoms in total. The lowest BCUT2D eigenvalue weighted by molar-refractivity contribution is -0.143. The molecule has 2 heterocycles. The predicted octanol–water partition coefficient (Wildman–Crippen LogP) is 5.31. The highest BCUT2D eigenvalue weighted by Crippen LogP contribution is 2.48. The Kier molecular flexibility index (Phi) is 4.98. The number of rotatable bonds is 1. The summed E-state index contributed by atoms with van der Waals surface area (Å²) in [6, 6.07) is 1.64. The summed E-state index contributed by atoms with van der Waals surface area (Å²) in [5, 5.41) is 0. The van der Waals surface area contributed by atoms with E-state index in [1.54, 1.807) is 25.7 Å². The molecule has 0 saturated carbocycles. The minimum atomic E-state index is -4.88. The van der Waals surface area contributed by atoms with Gasteiger partial charge < -0.3 is 14.5 Å². The Morgan fingerprint density at radius 1 is 0.931 bits per heavy atom. The monoisotopic (exact) mass is 424 g/mol. The minimum absolute atomic E-state index is 0.0992. The zero-order chi connectivity index (χ0) is 21.8. The van der Waals surface area contributed by atoms with Crippen molar-refractivity contribution in [3.63, 3.8) is 0 Å². The lowest BCUT2D eigenvalue weighted by atomic mass is 9.96. The number of anilines is 1. The quantitative estimate of drug-likeness (QED) is 0.452. The van der Waals surface area contributed by atoms with Crippen LogP contribution in [-0.4, -0.2) is 41.8 Å². The van der Waals surface area contributed by atoms with Gasteiger partial charge in [0.1, 0.15) is 5.60 Å². The van der Waals surface area contributed by atoms with Crippen molar-refractivity contribution in [1.29, 1.82) is 0 Å². The van der Waals surface area contributed by atoms with Crippen LogP contribution in [0.25, 0.3) is 0 Å². The number of hydrogen-bond acceptors (Lipinski definition) is 3. The maximum absolute atomic E-state index is 13.1. The Bertz CT molecular complexity index is 757. The normalized spacial score (nSPS) is 19.5. The largest absolute Gasteiger partial charge is 0.444 e. The molecule has 0 bridgehead atoms. The molecular formula is C19H22F6N2O2. The Balaban J connectivity index is 1.76. The average Bonchev–Trinajstić information content (AvgIpc) is 3.25. The van der Waals surface area contributed by atoms with Gasteiger partial charge >= 0.3 is 18.4 Å². The summed E-state index contributed by atoms with van der Waals surface area (Å²) >= 11 is 0. The van der Waals surface area contributed by atoms with Gasteiger partial charge in [-0.15, -0.1) is 0 Å². The Hall–Kier alpha value is -2.13. The van der Waals surface area contributed by atoms with Crippen LogP contribution >= 0.6 is 0 Å². The molecule has 162 valence electrons. The summed E-state index contributed by atoms with van der Waals surface area (Å²) in [7, 11) is 0. The number of likely N-dealkylation sites (tertiary alicyclic amines) is 1. The van der Waals surface area contributed by atoms with Crippen molar-refractivity contribution < 1.29 is 35.9 Å². The van der Waals surface area contributed by atoms with Gasteiger partial charge in [-0.3, -0.25) is 0 Å². The fourth-order valence-corrected chi connectivity index (χ4v) is 3.58. The second-order valence-electron chi connectivity index (χ2n) is 8.54. The van der Waals surface area contributed by atoms with Gasteiger partial charge in [-0.05, 0) is 51.8 Å². The van der Waals surface area contributed by atoms with E-state index >= 15 is 0 Å². The number of carbonyl (C=O) groups excluding carboxylic acids is 1. The first-order valence-electron chi connectivity index (χ1n) is 9.16. The molecule has 0 aromatic heterocycles. The highest BCUT2D eigenvalue weighted by molar-refractivity contribution is 5.69. The van der Waals surface area contributed by atoms with E-state index in [1.165, 1.54) is 4.90 Å². The maximum atomic E-state index is 13.1. The standard InChI is InChI=1S/C19H22F6N2O2/c1-16(2,3)29-15(28)26-6-4-17(5-7-26)11-27(17)14-9-12(18(20,21)22)8-13(10-14)19(23,24)25/h8-10H,4-7,11H2,1-3H3. The second kappa shape index (κ2) is 6.70. The van der Waals surface area contributed by atoms with Gasteiger partial charge in [0.2, 0.25) is 0 Å². The number of halogens is 6. The van der Waals surface area contributed by atoms with Gasteiger partial charge in [-0.1, -0.05) is 0 Å². The van der Waals surface area contributed by atoms with Crippen molar-refractivity contribution in [2.45, 2.75) is 57.1 Å². The van der Waals surface area contributed by atoms with Crippen LogP contribution in [-0.2, 0) is 17.1 Å². The second-order valence-corrected chi connectivity index (χ2v) is 8.54. The number of carbonyl (C=O) groups is 1. The van der Waals surface area contributed by atoms with Crippen molar-refractivity contribution in [3.05, 3.63) is 29.3 Å². The van der Waals surface area contributed by atoms with Gasteiger partial charge in [0.15, 0.2) is 0 Å². The molecule has 0 radical (unpaired) electrons. The first-order chi connectivity index (χ1) is 13.1. The van der Waals surface area contributed by atoms with Gasteiger partial charge in [0, 0.05) is 25.3 Å². The molecular weight excluding hydrogens is 402 g/mol. The molecule has 1 amide bonds. The molecule has 0 N–H and O–H groups in total. The summed E-state index contributed by atoms with van der Waals surface area (Å²) < 4.78 is 83.8. The average molecular weight is 424 g/mol. The predicted molar refractivity (Wildman–Crippen MR) is 93.6 cm³/mol. The van der Waals surface area contributed by atoms with E-state index in [-0.39, 0.29) is 11.8 Å². The molecule has 0 atom stereocenters. The van der Waals surface area contributed by atoms with Crippen molar-refractivity contribution in [2.75, 3.05) is 24.5 Å². The summed E-state index contributed by atoms with van der Waals surface area (Å²) in [5.74, 6) is 0. The molecule has 1 spiro atoms. The number of ether oxygens (including phenoxy) is 1.